The van der Waals surface area contributed by atoms with Gasteiger partial charge in [-0.15, -0.1) is 0 Å². The molecule has 134 valence electrons. The van der Waals surface area contributed by atoms with Crippen LogP contribution in [0.3, 0.4) is 0 Å². The first-order chi connectivity index (χ1) is 12.4. The smallest absolute Gasteiger partial charge is 0.277 e. The summed E-state index contributed by atoms with van der Waals surface area (Å²) in [5.74, 6) is -0.366. The van der Waals surface area contributed by atoms with Gasteiger partial charge in [0, 0.05) is 30.6 Å². The lowest BCUT2D eigenvalue weighted by atomic mass is 10.1. The van der Waals surface area contributed by atoms with Gasteiger partial charge in [-0.3, -0.25) is 0 Å². The van der Waals surface area contributed by atoms with Gasteiger partial charge in [0.1, 0.15) is 5.82 Å². The second-order valence-electron chi connectivity index (χ2n) is 5.93. The molecule has 3 aromatic rings. The molecule has 0 bridgehead atoms. The van der Waals surface area contributed by atoms with Crippen molar-refractivity contribution in [3.63, 3.8) is 0 Å². The predicted molar refractivity (Wildman–Crippen MR) is 103 cm³/mol. The fourth-order valence-corrected chi connectivity index (χ4v) is 3.67. The molecule has 0 amide bonds. The Morgan fingerprint density at radius 2 is 1.62 bits per heavy atom. The Morgan fingerprint density at radius 3 is 2.31 bits per heavy atom. The molecular weight excluding hydrogens is 353 g/mol. The van der Waals surface area contributed by atoms with E-state index in [9.17, 15) is 12.8 Å². The fourth-order valence-electron chi connectivity index (χ4n) is 2.66. The van der Waals surface area contributed by atoms with Crippen LogP contribution in [0.4, 0.5) is 10.1 Å². The average molecular weight is 371 g/mol. The van der Waals surface area contributed by atoms with Crippen molar-refractivity contribution in [2.24, 2.45) is 5.10 Å². The molecule has 3 rings (SSSR count). The summed E-state index contributed by atoms with van der Waals surface area (Å²) in [5.41, 5.74) is 1.51. The Kier molecular flexibility index (Phi) is 4.90. The topological polar surface area (TPSA) is 61.8 Å². The van der Waals surface area contributed by atoms with Crippen molar-refractivity contribution >= 4 is 32.7 Å². The third-order valence-corrected chi connectivity index (χ3v) is 5.17. The van der Waals surface area contributed by atoms with Gasteiger partial charge < -0.3 is 4.90 Å². The van der Waals surface area contributed by atoms with Gasteiger partial charge in [-0.25, -0.2) is 9.22 Å². The van der Waals surface area contributed by atoms with Gasteiger partial charge >= 0.3 is 0 Å². The quantitative estimate of drug-likeness (QED) is 0.553. The zero-order valence-corrected chi connectivity index (χ0v) is 15.2. The summed E-state index contributed by atoms with van der Waals surface area (Å²) in [4.78, 5) is 4.29. The van der Waals surface area contributed by atoms with Gasteiger partial charge in [0.2, 0.25) is 0 Å². The summed E-state index contributed by atoms with van der Waals surface area (Å²) >= 11 is 0. The van der Waals surface area contributed by atoms with Crippen LogP contribution in [0.15, 0.2) is 70.7 Å². The van der Waals surface area contributed by atoms with E-state index in [0.717, 1.165) is 11.1 Å². The van der Waals surface area contributed by atoms with E-state index >= 15 is 0 Å². The van der Waals surface area contributed by atoms with E-state index in [0.29, 0.717) is 10.9 Å². The molecule has 0 aliphatic heterocycles. The maximum Gasteiger partial charge on any atom is 0.277 e. The molecule has 3 aromatic carbocycles. The number of hydrazone groups is 1. The number of benzene rings is 3. The van der Waals surface area contributed by atoms with Crippen molar-refractivity contribution < 1.29 is 12.8 Å². The molecule has 0 saturated carbocycles. The lowest BCUT2D eigenvalue weighted by molar-refractivity contribution is 0.585. The zero-order chi connectivity index (χ0) is 18.7. The summed E-state index contributed by atoms with van der Waals surface area (Å²) in [5, 5.41) is 5.24. The van der Waals surface area contributed by atoms with Gasteiger partial charge in [0.05, 0.1) is 11.1 Å². The molecule has 0 aliphatic rings. The van der Waals surface area contributed by atoms with Crippen LogP contribution in [0.25, 0.3) is 10.8 Å². The van der Waals surface area contributed by atoms with Crippen LogP contribution < -0.4 is 9.73 Å². The number of hydrogen-bond donors (Lipinski definition) is 1. The minimum atomic E-state index is -3.85. The Bertz CT molecular complexity index is 1060. The maximum atomic E-state index is 12.9. The van der Waals surface area contributed by atoms with Gasteiger partial charge in [-0.1, -0.05) is 36.4 Å². The molecule has 0 aliphatic carbocycles. The van der Waals surface area contributed by atoms with Crippen molar-refractivity contribution in [1.29, 1.82) is 0 Å². The number of fused-ring (bicyclic) bond motifs is 1. The van der Waals surface area contributed by atoms with Gasteiger partial charge in [0.15, 0.2) is 0 Å². The number of anilines is 1. The number of nitrogens with zero attached hydrogens (tertiary/aromatic N) is 2. The zero-order valence-electron chi connectivity index (χ0n) is 14.3. The lowest BCUT2D eigenvalue weighted by Gasteiger charge is -2.16. The molecule has 0 saturated heterocycles. The first-order valence-electron chi connectivity index (χ1n) is 7.88. The fraction of sp³-hybridized carbons (Fsp3) is 0.105. The molecule has 7 heteroatoms. The van der Waals surface area contributed by atoms with Gasteiger partial charge in [-0.05, 0) is 29.8 Å². The average Bonchev–Trinajstić information content (AvgIpc) is 2.62. The van der Waals surface area contributed by atoms with Gasteiger partial charge in [-0.2, -0.15) is 13.5 Å². The van der Waals surface area contributed by atoms with Crippen LogP contribution in [0.2, 0.25) is 0 Å². The molecule has 0 fully saturated rings. The first kappa shape index (κ1) is 17.9. The van der Waals surface area contributed by atoms with Crippen molar-refractivity contribution in [2.75, 3.05) is 19.0 Å². The van der Waals surface area contributed by atoms with Crippen LogP contribution in [0, 0.1) is 5.82 Å². The van der Waals surface area contributed by atoms with E-state index in [1.165, 1.54) is 36.5 Å². The van der Waals surface area contributed by atoms with Crippen LogP contribution in [0.1, 0.15) is 5.56 Å². The molecule has 26 heavy (non-hydrogen) atoms. The number of sulfonamides is 1. The summed E-state index contributed by atoms with van der Waals surface area (Å²) in [6, 6.07) is 16.2. The molecular formula is C19H18FN3O2S. The van der Waals surface area contributed by atoms with Crippen molar-refractivity contribution in [3.05, 3.63) is 72.0 Å². The van der Waals surface area contributed by atoms with E-state index in [1.54, 1.807) is 12.1 Å². The molecule has 0 radical (unpaired) electrons. The predicted octanol–water partition coefficient (Wildman–Crippen LogP) is 3.36. The van der Waals surface area contributed by atoms with Crippen LogP contribution in [0.5, 0.6) is 0 Å². The monoisotopic (exact) mass is 371 g/mol. The normalized spacial score (nSPS) is 11.8. The van der Waals surface area contributed by atoms with Crippen LogP contribution >= 0.6 is 0 Å². The highest BCUT2D eigenvalue weighted by molar-refractivity contribution is 7.89. The Labute approximate surface area is 151 Å². The van der Waals surface area contributed by atoms with Crippen molar-refractivity contribution in [3.8, 4) is 0 Å². The van der Waals surface area contributed by atoms with E-state index < -0.39 is 10.0 Å². The maximum absolute atomic E-state index is 12.9. The second-order valence-corrected chi connectivity index (χ2v) is 7.56. The molecule has 0 heterocycles. The third kappa shape index (κ3) is 3.67. The summed E-state index contributed by atoms with van der Waals surface area (Å²) in [6.45, 7) is 0. The van der Waals surface area contributed by atoms with E-state index in [2.05, 4.69) is 9.93 Å². The largest absolute Gasteiger partial charge is 0.377 e. The first-order valence-corrected chi connectivity index (χ1v) is 9.36. The Morgan fingerprint density at radius 1 is 0.962 bits per heavy atom. The van der Waals surface area contributed by atoms with E-state index in [-0.39, 0.29) is 10.7 Å². The van der Waals surface area contributed by atoms with Gasteiger partial charge in [0.25, 0.3) is 10.0 Å². The SMILES string of the molecule is CN(C)c1cccc2c(S(=O)(=O)NN=Cc3ccc(F)cc3)cccc12. The third-order valence-electron chi connectivity index (χ3n) is 3.89. The molecule has 0 unspecified atom stereocenters. The Balaban J connectivity index is 1.94. The summed E-state index contributed by atoms with van der Waals surface area (Å²) < 4.78 is 38.2. The highest BCUT2D eigenvalue weighted by atomic mass is 32.2. The Hall–Kier alpha value is -2.93. The lowest BCUT2D eigenvalue weighted by Crippen LogP contribution is -2.19. The summed E-state index contributed by atoms with van der Waals surface area (Å²) in [6.07, 6.45) is 1.33. The molecule has 0 atom stereocenters. The standard InChI is InChI=1S/C19H18FN3O2S/c1-23(2)18-7-3-6-17-16(18)5-4-8-19(17)26(24,25)22-21-13-14-9-11-15(20)12-10-14/h3-13,22H,1-2H3. The molecule has 0 spiro atoms. The minimum Gasteiger partial charge on any atom is -0.377 e. The number of rotatable bonds is 5. The summed E-state index contributed by atoms with van der Waals surface area (Å²) in [7, 11) is -0.0403. The minimum absolute atomic E-state index is 0.148. The molecule has 0 aromatic heterocycles. The van der Waals surface area contributed by atoms with Crippen molar-refractivity contribution in [2.45, 2.75) is 4.90 Å². The molecule has 5 nitrogen and oxygen atoms in total. The highest BCUT2D eigenvalue weighted by Crippen LogP contribution is 2.30. The number of hydrogen-bond acceptors (Lipinski definition) is 4. The van der Waals surface area contributed by atoms with E-state index in [1.807, 2.05) is 37.2 Å². The highest BCUT2D eigenvalue weighted by Gasteiger charge is 2.17. The van der Waals surface area contributed by atoms with Crippen molar-refractivity contribution in [1.82, 2.24) is 4.83 Å². The number of halogens is 1. The molecule has 1 N–H and O–H groups in total. The van der Waals surface area contributed by atoms with E-state index in [4.69, 9.17) is 0 Å². The second kappa shape index (κ2) is 7.13. The number of nitrogens with one attached hydrogen (secondary N) is 1. The van der Waals surface area contributed by atoms with Crippen LogP contribution in [-0.2, 0) is 10.0 Å². The van der Waals surface area contributed by atoms with Crippen LogP contribution in [-0.4, -0.2) is 28.7 Å².